The molecule has 0 aliphatic rings. The summed E-state index contributed by atoms with van der Waals surface area (Å²) in [7, 11) is 0. The molecule has 0 saturated carbocycles. The van der Waals surface area contributed by atoms with Gasteiger partial charge in [-0.15, -0.1) is 0 Å². The Morgan fingerprint density at radius 2 is 1.79 bits per heavy atom. The second kappa shape index (κ2) is 6.47. The van der Waals surface area contributed by atoms with Crippen LogP contribution in [0.1, 0.15) is 17.2 Å². The molecule has 0 saturated heterocycles. The van der Waals surface area contributed by atoms with Crippen molar-refractivity contribution in [2.45, 2.75) is 12.5 Å². The summed E-state index contributed by atoms with van der Waals surface area (Å²) >= 11 is 21.7. The molecule has 2 aromatic carbocycles. The molecule has 2 aromatic rings. The van der Waals surface area contributed by atoms with Crippen LogP contribution in [0.3, 0.4) is 0 Å². The molecule has 0 fully saturated rings. The fourth-order valence-electron chi connectivity index (χ4n) is 1.86. The molecule has 0 aliphatic heterocycles. The van der Waals surface area contributed by atoms with Crippen molar-refractivity contribution in [3.05, 3.63) is 67.1 Å². The molecule has 19 heavy (non-hydrogen) atoms. The number of hydrogen-bond donors (Lipinski definition) is 1. The molecular weight excluding hydrogens is 368 g/mol. The van der Waals surface area contributed by atoms with Crippen molar-refractivity contribution in [2.75, 3.05) is 0 Å². The van der Waals surface area contributed by atoms with E-state index in [4.69, 9.17) is 40.5 Å². The van der Waals surface area contributed by atoms with Crippen LogP contribution in [-0.2, 0) is 6.42 Å². The summed E-state index contributed by atoms with van der Waals surface area (Å²) in [4.78, 5) is 0. The van der Waals surface area contributed by atoms with E-state index in [-0.39, 0.29) is 6.04 Å². The van der Waals surface area contributed by atoms with Gasteiger partial charge in [-0.25, -0.2) is 0 Å². The Kier molecular flexibility index (Phi) is 5.15. The van der Waals surface area contributed by atoms with Crippen LogP contribution in [0.2, 0.25) is 15.1 Å². The SMILES string of the molecule is NC(Cc1cccc(Cl)c1Cl)c1ccc(Br)cc1Cl. The van der Waals surface area contributed by atoms with Crippen LogP contribution in [0, 0.1) is 0 Å². The molecule has 1 unspecified atom stereocenters. The molecule has 100 valence electrons. The van der Waals surface area contributed by atoms with Gasteiger partial charge in [-0.1, -0.05) is 68.9 Å². The van der Waals surface area contributed by atoms with Crippen molar-refractivity contribution in [3.8, 4) is 0 Å². The normalized spacial score (nSPS) is 12.5. The molecule has 2 N–H and O–H groups in total. The Balaban J connectivity index is 2.25. The molecule has 0 bridgehead atoms. The lowest BCUT2D eigenvalue weighted by Crippen LogP contribution is -2.14. The van der Waals surface area contributed by atoms with Crippen LogP contribution in [0.25, 0.3) is 0 Å². The Morgan fingerprint density at radius 3 is 2.47 bits per heavy atom. The molecule has 5 heteroatoms. The fraction of sp³-hybridized carbons (Fsp3) is 0.143. The van der Waals surface area contributed by atoms with E-state index in [2.05, 4.69) is 15.9 Å². The van der Waals surface area contributed by atoms with E-state index in [1.807, 2.05) is 30.3 Å². The summed E-state index contributed by atoms with van der Waals surface area (Å²) in [5, 5.41) is 1.72. The summed E-state index contributed by atoms with van der Waals surface area (Å²) in [6, 6.07) is 11.0. The molecular formula is C14H11BrCl3N. The maximum absolute atomic E-state index is 6.20. The predicted octanol–water partition coefficient (Wildman–Crippen LogP) is 5.65. The zero-order valence-electron chi connectivity index (χ0n) is 9.84. The molecule has 0 amide bonds. The number of hydrogen-bond acceptors (Lipinski definition) is 1. The molecule has 0 radical (unpaired) electrons. The van der Waals surface area contributed by atoms with Gasteiger partial charge in [0, 0.05) is 15.5 Å². The van der Waals surface area contributed by atoms with E-state index in [1.54, 1.807) is 6.07 Å². The van der Waals surface area contributed by atoms with E-state index >= 15 is 0 Å². The van der Waals surface area contributed by atoms with Crippen molar-refractivity contribution in [1.82, 2.24) is 0 Å². The standard InChI is InChI=1S/C14H11BrCl3N/c15-9-4-5-10(12(17)7-9)13(19)6-8-2-1-3-11(16)14(8)18/h1-5,7,13H,6,19H2. The van der Waals surface area contributed by atoms with E-state index in [0.29, 0.717) is 21.5 Å². The minimum atomic E-state index is -0.225. The van der Waals surface area contributed by atoms with Gasteiger partial charge in [0.1, 0.15) is 0 Å². The first kappa shape index (κ1) is 15.1. The number of rotatable bonds is 3. The van der Waals surface area contributed by atoms with Gasteiger partial charge in [-0.3, -0.25) is 0 Å². The third kappa shape index (κ3) is 3.65. The molecule has 0 heterocycles. The monoisotopic (exact) mass is 377 g/mol. The number of nitrogens with two attached hydrogens (primary N) is 1. The molecule has 2 rings (SSSR count). The van der Waals surface area contributed by atoms with Crippen LogP contribution in [-0.4, -0.2) is 0 Å². The summed E-state index contributed by atoms with van der Waals surface area (Å²) in [6.45, 7) is 0. The van der Waals surface area contributed by atoms with Crippen molar-refractivity contribution >= 4 is 50.7 Å². The predicted molar refractivity (Wildman–Crippen MR) is 86.2 cm³/mol. The number of halogens is 4. The second-order valence-corrected chi connectivity index (χ2v) is 6.30. The topological polar surface area (TPSA) is 26.0 Å². The molecule has 1 nitrogen and oxygen atoms in total. The maximum Gasteiger partial charge on any atom is 0.0624 e. The lowest BCUT2D eigenvalue weighted by atomic mass is 9.99. The summed E-state index contributed by atoms with van der Waals surface area (Å²) in [6.07, 6.45) is 0.584. The smallest absolute Gasteiger partial charge is 0.0624 e. The minimum Gasteiger partial charge on any atom is -0.324 e. The van der Waals surface area contributed by atoms with Gasteiger partial charge in [0.2, 0.25) is 0 Å². The quantitative estimate of drug-likeness (QED) is 0.732. The molecule has 0 spiro atoms. The van der Waals surface area contributed by atoms with E-state index in [1.165, 1.54) is 0 Å². The van der Waals surface area contributed by atoms with Gasteiger partial charge in [0.05, 0.1) is 10.0 Å². The van der Waals surface area contributed by atoms with E-state index in [0.717, 1.165) is 15.6 Å². The number of benzene rings is 2. The zero-order valence-corrected chi connectivity index (χ0v) is 13.7. The van der Waals surface area contributed by atoms with Crippen LogP contribution in [0.4, 0.5) is 0 Å². The summed E-state index contributed by atoms with van der Waals surface area (Å²) in [5.41, 5.74) is 8.00. The van der Waals surface area contributed by atoms with E-state index in [9.17, 15) is 0 Å². The third-order valence-corrected chi connectivity index (χ3v) is 4.51. The average molecular weight is 380 g/mol. The lowest BCUT2D eigenvalue weighted by Gasteiger charge is -2.15. The molecule has 0 aromatic heterocycles. The molecule has 1 atom stereocenters. The van der Waals surface area contributed by atoms with Crippen LogP contribution < -0.4 is 5.73 Å². The Morgan fingerprint density at radius 1 is 1.05 bits per heavy atom. The largest absolute Gasteiger partial charge is 0.324 e. The van der Waals surface area contributed by atoms with E-state index < -0.39 is 0 Å². The average Bonchev–Trinajstić information content (AvgIpc) is 2.34. The van der Waals surface area contributed by atoms with Crippen LogP contribution in [0.15, 0.2) is 40.9 Å². The summed E-state index contributed by atoms with van der Waals surface area (Å²) in [5.74, 6) is 0. The summed E-state index contributed by atoms with van der Waals surface area (Å²) < 4.78 is 0.925. The second-order valence-electron chi connectivity index (χ2n) is 4.19. The fourth-order valence-corrected chi connectivity index (χ4v) is 3.07. The van der Waals surface area contributed by atoms with Gasteiger partial charge < -0.3 is 5.73 Å². The van der Waals surface area contributed by atoms with Gasteiger partial charge in [-0.05, 0) is 35.7 Å². The Labute approximate surface area is 135 Å². The first-order valence-corrected chi connectivity index (χ1v) is 7.55. The lowest BCUT2D eigenvalue weighted by molar-refractivity contribution is 0.722. The maximum atomic E-state index is 6.20. The van der Waals surface area contributed by atoms with Crippen LogP contribution in [0.5, 0.6) is 0 Å². The Bertz CT molecular complexity index is 601. The Hall–Kier alpha value is -0.250. The minimum absolute atomic E-state index is 0.225. The highest BCUT2D eigenvalue weighted by atomic mass is 79.9. The highest BCUT2D eigenvalue weighted by Gasteiger charge is 2.14. The highest BCUT2D eigenvalue weighted by Crippen LogP contribution is 2.31. The highest BCUT2D eigenvalue weighted by molar-refractivity contribution is 9.10. The first-order valence-electron chi connectivity index (χ1n) is 5.62. The van der Waals surface area contributed by atoms with Crippen LogP contribution >= 0.6 is 50.7 Å². The molecule has 0 aliphatic carbocycles. The van der Waals surface area contributed by atoms with Crippen molar-refractivity contribution in [3.63, 3.8) is 0 Å². The van der Waals surface area contributed by atoms with Crippen molar-refractivity contribution in [2.24, 2.45) is 5.73 Å². The van der Waals surface area contributed by atoms with Crippen molar-refractivity contribution in [1.29, 1.82) is 0 Å². The van der Waals surface area contributed by atoms with Gasteiger partial charge >= 0.3 is 0 Å². The van der Waals surface area contributed by atoms with Gasteiger partial charge in [-0.2, -0.15) is 0 Å². The third-order valence-electron chi connectivity index (χ3n) is 2.83. The first-order chi connectivity index (χ1) is 8.99. The van der Waals surface area contributed by atoms with Crippen molar-refractivity contribution < 1.29 is 0 Å². The van der Waals surface area contributed by atoms with Gasteiger partial charge in [0.25, 0.3) is 0 Å². The van der Waals surface area contributed by atoms with Gasteiger partial charge in [0.15, 0.2) is 0 Å². The zero-order chi connectivity index (χ0) is 14.0.